The highest BCUT2D eigenvalue weighted by molar-refractivity contribution is 7.92. The molecule has 0 fully saturated rings. The SMILES string of the molecule is CC(C)n1nc(S(N)(=O)=N[Si](C)(C)C(C)(C)C)cc1CO[Si](C)(C)C(C)(C)C. The Bertz CT molecular complexity index is 809. The Hall–Kier alpha value is -0.486. The average Bonchev–Trinajstić information content (AvgIpc) is 2.86. The normalized spacial score (nSPS) is 16.4. The molecule has 0 radical (unpaired) electrons. The molecular weight excluding hydrogens is 404 g/mol. The Kier molecular flexibility index (Phi) is 7.28. The van der Waals surface area contributed by atoms with Crippen LogP contribution in [0.15, 0.2) is 15.1 Å². The molecule has 2 N–H and O–H groups in total. The molecule has 0 bridgehead atoms. The predicted molar refractivity (Wildman–Crippen MR) is 125 cm³/mol. The zero-order valence-electron chi connectivity index (χ0n) is 20.0. The lowest BCUT2D eigenvalue weighted by Gasteiger charge is -2.36. The Labute approximate surface area is 175 Å². The van der Waals surface area contributed by atoms with Crippen LogP contribution < -0.4 is 5.14 Å². The van der Waals surface area contributed by atoms with Crippen molar-refractivity contribution in [3.8, 4) is 0 Å². The molecule has 1 rings (SSSR count). The molecule has 0 aliphatic carbocycles. The summed E-state index contributed by atoms with van der Waals surface area (Å²) < 4.78 is 26.3. The van der Waals surface area contributed by atoms with Crippen molar-refractivity contribution in [2.45, 2.75) is 109 Å². The van der Waals surface area contributed by atoms with Crippen LogP contribution in [0, 0.1) is 0 Å². The van der Waals surface area contributed by atoms with Gasteiger partial charge in [0.05, 0.1) is 12.3 Å². The van der Waals surface area contributed by atoms with Gasteiger partial charge in [0.1, 0.15) is 9.92 Å². The summed E-state index contributed by atoms with van der Waals surface area (Å²) >= 11 is 0. The van der Waals surface area contributed by atoms with Crippen LogP contribution in [-0.2, 0) is 20.9 Å². The van der Waals surface area contributed by atoms with Gasteiger partial charge in [0.15, 0.2) is 21.6 Å². The van der Waals surface area contributed by atoms with Gasteiger partial charge in [-0.2, -0.15) is 5.10 Å². The smallest absolute Gasteiger partial charge is 0.195 e. The van der Waals surface area contributed by atoms with Gasteiger partial charge in [-0.15, -0.1) is 0 Å². The van der Waals surface area contributed by atoms with Gasteiger partial charge >= 0.3 is 0 Å². The van der Waals surface area contributed by atoms with Crippen LogP contribution in [-0.4, -0.2) is 30.5 Å². The topological polar surface area (TPSA) is 82.5 Å². The molecule has 1 atom stereocenters. The standard InChI is InChI=1S/C19H42N4O2SSi2/c1-15(2)23-16(14-25-28(11,12)19(6,7)8)13-17(21-23)26(20,24)22-27(9,10)18(3,4)5/h13,15H,14H2,1-12H3,(H2,20,22,24). The first-order chi connectivity index (χ1) is 12.2. The van der Waals surface area contributed by atoms with Crippen LogP contribution in [0.25, 0.3) is 0 Å². The fourth-order valence-corrected chi connectivity index (χ4v) is 7.73. The number of rotatable bonds is 6. The number of nitrogens with two attached hydrogens (primary N) is 1. The third-order valence-electron chi connectivity index (χ3n) is 6.17. The summed E-state index contributed by atoms with van der Waals surface area (Å²) in [5.74, 6) is 0. The van der Waals surface area contributed by atoms with Gasteiger partial charge in [-0.05, 0) is 50.1 Å². The largest absolute Gasteiger partial charge is 0.411 e. The average molecular weight is 447 g/mol. The van der Waals surface area contributed by atoms with Crippen LogP contribution in [0.1, 0.15) is 67.1 Å². The molecule has 0 saturated heterocycles. The number of aromatic nitrogens is 2. The molecule has 6 nitrogen and oxygen atoms in total. The molecule has 9 heteroatoms. The summed E-state index contributed by atoms with van der Waals surface area (Å²) in [6.45, 7) is 26.2. The summed E-state index contributed by atoms with van der Waals surface area (Å²) in [5, 5.41) is 11.3. The van der Waals surface area contributed by atoms with Crippen LogP contribution in [0.4, 0.5) is 0 Å². The molecule has 1 aromatic heterocycles. The summed E-state index contributed by atoms with van der Waals surface area (Å²) in [6.07, 6.45) is 0. The quantitative estimate of drug-likeness (QED) is 0.570. The lowest BCUT2D eigenvalue weighted by molar-refractivity contribution is 0.261. The molecule has 0 amide bonds. The van der Waals surface area contributed by atoms with Crippen molar-refractivity contribution in [3.05, 3.63) is 11.8 Å². The van der Waals surface area contributed by atoms with Gasteiger partial charge in [-0.3, -0.25) is 8.71 Å². The second-order valence-electron chi connectivity index (χ2n) is 11.0. The minimum atomic E-state index is -3.06. The molecule has 0 saturated carbocycles. The Morgan fingerprint density at radius 2 is 1.64 bits per heavy atom. The van der Waals surface area contributed by atoms with Crippen molar-refractivity contribution in [1.82, 2.24) is 9.78 Å². The zero-order chi connectivity index (χ0) is 22.3. The Morgan fingerprint density at radius 3 is 2.04 bits per heavy atom. The van der Waals surface area contributed by atoms with Gasteiger partial charge < -0.3 is 4.43 Å². The van der Waals surface area contributed by atoms with E-state index in [2.05, 4.69) is 90.7 Å². The molecular formula is C19H42N4O2SSi2. The van der Waals surface area contributed by atoms with Crippen LogP contribution >= 0.6 is 0 Å². The minimum Gasteiger partial charge on any atom is -0.411 e. The first kappa shape index (κ1) is 25.6. The van der Waals surface area contributed by atoms with Crippen molar-refractivity contribution in [2.75, 3.05) is 0 Å². The van der Waals surface area contributed by atoms with E-state index in [1.807, 2.05) is 10.7 Å². The molecule has 0 aliphatic rings. The lowest BCUT2D eigenvalue weighted by atomic mass is 10.2. The maximum Gasteiger partial charge on any atom is 0.195 e. The molecule has 1 unspecified atom stereocenters. The summed E-state index contributed by atoms with van der Waals surface area (Å²) in [6, 6.07) is 1.95. The van der Waals surface area contributed by atoms with E-state index in [9.17, 15) is 4.21 Å². The monoisotopic (exact) mass is 446 g/mol. The van der Waals surface area contributed by atoms with Crippen LogP contribution in [0.5, 0.6) is 0 Å². The maximum atomic E-state index is 13.3. The van der Waals surface area contributed by atoms with Gasteiger partial charge in [0, 0.05) is 12.1 Å². The summed E-state index contributed by atoms with van der Waals surface area (Å²) in [5.41, 5.74) is 0.901. The fourth-order valence-electron chi connectivity index (χ4n) is 2.10. The first-order valence-corrected chi connectivity index (χ1v) is 17.4. The van der Waals surface area contributed by atoms with E-state index in [1.165, 1.54) is 0 Å². The molecule has 164 valence electrons. The third kappa shape index (κ3) is 5.78. The highest BCUT2D eigenvalue weighted by Crippen LogP contribution is 2.38. The van der Waals surface area contributed by atoms with Gasteiger partial charge in [-0.1, -0.05) is 41.5 Å². The lowest BCUT2D eigenvalue weighted by Crippen LogP contribution is -2.40. The summed E-state index contributed by atoms with van der Waals surface area (Å²) in [4.78, 5) is 0. The van der Waals surface area contributed by atoms with E-state index in [0.717, 1.165) is 5.69 Å². The maximum absolute atomic E-state index is 13.3. The van der Waals surface area contributed by atoms with E-state index in [1.54, 1.807) is 0 Å². The van der Waals surface area contributed by atoms with Gasteiger partial charge in [0.2, 0.25) is 0 Å². The highest BCUT2D eigenvalue weighted by atomic mass is 32.2. The van der Waals surface area contributed by atoms with Crippen molar-refractivity contribution in [1.29, 1.82) is 0 Å². The Balaban J connectivity index is 3.36. The molecule has 0 spiro atoms. The van der Waals surface area contributed by atoms with E-state index >= 15 is 0 Å². The third-order valence-corrected chi connectivity index (χ3v) is 18.0. The molecule has 1 aromatic rings. The number of hydrogen-bond donors (Lipinski definition) is 1. The van der Waals surface area contributed by atoms with Gasteiger partial charge in [-0.25, -0.2) is 9.35 Å². The second kappa shape index (κ2) is 7.98. The second-order valence-corrected chi connectivity index (χ2v) is 22.7. The van der Waals surface area contributed by atoms with Crippen molar-refractivity contribution in [3.63, 3.8) is 0 Å². The van der Waals surface area contributed by atoms with Crippen molar-refractivity contribution >= 4 is 26.5 Å². The van der Waals surface area contributed by atoms with E-state index in [0.29, 0.717) is 11.6 Å². The predicted octanol–water partition coefficient (Wildman–Crippen LogP) is 5.69. The van der Waals surface area contributed by atoms with Crippen molar-refractivity contribution in [2.24, 2.45) is 9.17 Å². The van der Waals surface area contributed by atoms with E-state index < -0.39 is 26.5 Å². The van der Waals surface area contributed by atoms with Gasteiger partial charge in [0.25, 0.3) is 0 Å². The van der Waals surface area contributed by atoms with Crippen molar-refractivity contribution < 1.29 is 8.63 Å². The number of hydrogen-bond acceptors (Lipinski definition) is 4. The zero-order valence-corrected chi connectivity index (χ0v) is 22.8. The molecule has 0 aliphatic heterocycles. The Morgan fingerprint density at radius 1 is 1.14 bits per heavy atom. The first-order valence-electron chi connectivity index (χ1n) is 10.00. The minimum absolute atomic E-state index is 0.0378. The fraction of sp³-hybridized carbons (Fsp3) is 0.842. The van der Waals surface area contributed by atoms with E-state index in [4.69, 9.17) is 9.56 Å². The summed E-state index contributed by atoms with van der Waals surface area (Å²) in [7, 11) is -7.14. The number of nitrogens with zero attached hydrogens (tertiary/aromatic N) is 3. The van der Waals surface area contributed by atoms with Crippen LogP contribution in [0.3, 0.4) is 0 Å². The highest BCUT2D eigenvalue weighted by Gasteiger charge is 2.39. The van der Waals surface area contributed by atoms with E-state index in [-0.39, 0.29) is 16.1 Å². The van der Waals surface area contributed by atoms with Crippen LogP contribution in [0.2, 0.25) is 36.3 Å². The molecule has 1 heterocycles. The molecule has 28 heavy (non-hydrogen) atoms. The molecule has 0 aromatic carbocycles.